The van der Waals surface area contributed by atoms with Gasteiger partial charge in [-0.2, -0.15) is 0 Å². The van der Waals surface area contributed by atoms with Crippen molar-refractivity contribution >= 4 is 40.2 Å². The third kappa shape index (κ3) is 3.36. The monoisotopic (exact) mass is 381 g/mol. The Morgan fingerprint density at radius 1 is 1.05 bits per heavy atom. The van der Waals surface area contributed by atoms with Crippen molar-refractivity contribution in [2.24, 2.45) is 0 Å². The zero-order chi connectivity index (χ0) is 14.5. The summed E-state index contributed by atoms with van der Waals surface area (Å²) < 4.78 is 5.58. The number of nitrogens with one attached hydrogen (secondary N) is 1. The number of carbonyl (C=O) groups excluding carboxylic acids is 2. The number of ether oxygens (including phenoxy) is 1. The number of benzene rings is 2. The van der Waals surface area contributed by atoms with E-state index in [9.17, 15) is 9.59 Å². The largest absolute Gasteiger partial charge is 0.465 e. The molecule has 0 saturated carbocycles. The molecule has 0 fully saturated rings. The first-order valence-corrected chi connectivity index (χ1v) is 6.94. The lowest BCUT2D eigenvalue weighted by Crippen LogP contribution is -2.13. The van der Waals surface area contributed by atoms with E-state index in [4.69, 9.17) is 0 Å². The van der Waals surface area contributed by atoms with Crippen molar-refractivity contribution in [2.45, 2.75) is 0 Å². The molecule has 0 aliphatic heterocycles. The van der Waals surface area contributed by atoms with Crippen LogP contribution in [0, 0.1) is 3.57 Å². The maximum atomic E-state index is 12.2. The van der Waals surface area contributed by atoms with Crippen molar-refractivity contribution in [3.63, 3.8) is 0 Å². The van der Waals surface area contributed by atoms with Gasteiger partial charge in [-0.1, -0.05) is 18.2 Å². The highest BCUT2D eigenvalue weighted by atomic mass is 127. The van der Waals surface area contributed by atoms with Gasteiger partial charge in [0.05, 0.1) is 18.4 Å². The number of amides is 1. The first kappa shape index (κ1) is 14.5. The van der Waals surface area contributed by atoms with Crippen molar-refractivity contribution in [1.82, 2.24) is 0 Å². The number of para-hydroxylation sites is 1. The van der Waals surface area contributed by atoms with Crippen LogP contribution in [0.5, 0.6) is 0 Å². The number of halogens is 1. The molecule has 102 valence electrons. The van der Waals surface area contributed by atoms with E-state index in [0.717, 1.165) is 9.26 Å². The fraction of sp³-hybridized carbons (Fsp3) is 0.0667. The van der Waals surface area contributed by atoms with Crippen molar-refractivity contribution in [1.29, 1.82) is 0 Å². The van der Waals surface area contributed by atoms with E-state index >= 15 is 0 Å². The minimum atomic E-state index is -0.464. The number of rotatable bonds is 3. The number of methoxy groups -OCH3 is 1. The average Bonchev–Trinajstić information content (AvgIpc) is 2.49. The molecular weight excluding hydrogens is 369 g/mol. The predicted molar refractivity (Wildman–Crippen MR) is 84.9 cm³/mol. The van der Waals surface area contributed by atoms with Crippen molar-refractivity contribution in [3.8, 4) is 0 Å². The van der Waals surface area contributed by atoms with Crippen molar-refractivity contribution < 1.29 is 14.3 Å². The quantitative estimate of drug-likeness (QED) is 0.656. The van der Waals surface area contributed by atoms with Gasteiger partial charge >= 0.3 is 5.97 Å². The summed E-state index contributed by atoms with van der Waals surface area (Å²) in [4.78, 5) is 23.6. The Morgan fingerprint density at radius 3 is 2.45 bits per heavy atom. The minimum Gasteiger partial charge on any atom is -0.465 e. The Balaban J connectivity index is 2.22. The van der Waals surface area contributed by atoms with Crippen LogP contribution >= 0.6 is 22.6 Å². The summed E-state index contributed by atoms with van der Waals surface area (Å²) in [6.45, 7) is 0. The lowest BCUT2D eigenvalue weighted by molar-refractivity contribution is 0.0600. The molecule has 1 amide bonds. The van der Waals surface area contributed by atoms with E-state index in [0.29, 0.717) is 11.1 Å². The predicted octanol–water partition coefficient (Wildman–Crippen LogP) is 3.33. The fourth-order valence-corrected chi connectivity index (χ4v) is 2.18. The van der Waals surface area contributed by atoms with E-state index in [1.807, 2.05) is 24.3 Å². The van der Waals surface area contributed by atoms with Crippen molar-refractivity contribution in [2.75, 3.05) is 12.4 Å². The molecule has 0 spiro atoms. The van der Waals surface area contributed by atoms with Gasteiger partial charge in [0.25, 0.3) is 5.91 Å². The normalized spacial score (nSPS) is 9.90. The van der Waals surface area contributed by atoms with Crippen LogP contribution in [0.1, 0.15) is 20.7 Å². The molecule has 0 aliphatic rings. The summed E-state index contributed by atoms with van der Waals surface area (Å²) in [7, 11) is 1.31. The number of hydrogen-bond acceptors (Lipinski definition) is 3. The van der Waals surface area contributed by atoms with Crippen LogP contribution in [0.25, 0.3) is 0 Å². The maximum absolute atomic E-state index is 12.2. The highest BCUT2D eigenvalue weighted by molar-refractivity contribution is 14.1. The van der Waals surface area contributed by atoms with Gasteiger partial charge in [-0.05, 0) is 52.9 Å². The maximum Gasteiger partial charge on any atom is 0.337 e. The zero-order valence-corrected chi connectivity index (χ0v) is 12.9. The molecule has 0 radical (unpaired) electrons. The van der Waals surface area contributed by atoms with Gasteiger partial charge in [-0.15, -0.1) is 0 Å². The third-order valence-corrected chi connectivity index (χ3v) is 3.61. The Kier molecular flexibility index (Phi) is 4.73. The van der Waals surface area contributed by atoms with Crippen LogP contribution in [-0.4, -0.2) is 19.0 Å². The molecule has 0 aliphatic carbocycles. The zero-order valence-electron chi connectivity index (χ0n) is 10.7. The first-order valence-electron chi connectivity index (χ1n) is 5.86. The Bertz CT molecular complexity index is 655. The Morgan fingerprint density at radius 2 is 1.75 bits per heavy atom. The van der Waals surface area contributed by atoms with Crippen LogP contribution in [0.2, 0.25) is 0 Å². The van der Waals surface area contributed by atoms with Crippen LogP contribution in [-0.2, 0) is 4.74 Å². The summed E-state index contributed by atoms with van der Waals surface area (Å²) >= 11 is 2.15. The molecule has 0 bridgehead atoms. The second-order valence-electron chi connectivity index (χ2n) is 4.01. The lowest BCUT2D eigenvalue weighted by Gasteiger charge is -2.08. The highest BCUT2D eigenvalue weighted by Gasteiger charge is 2.11. The van der Waals surface area contributed by atoms with E-state index < -0.39 is 5.97 Å². The molecule has 0 heterocycles. The topological polar surface area (TPSA) is 55.4 Å². The number of anilines is 1. The number of esters is 1. The van der Waals surface area contributed by atoms with Gasteiger partial charge < -0.3 is 10.1 Å². The second kappa shape index (κ2) is 6.51. The molecule has 2 rings (SSSR count). The van der Waals surface area contributed by atoms with Gasteiger partial charge in [-0.3, -0.25) is 4.79 Å². The van der Waals surface area contributed by atoms with E-state index in [-0.39, 0.29) is 5.91 Å². The van der Waals surface area contributed by atoms with Crippen LogP contribution in [0.15, 0.2) is 48.5 Å². The minimum absolute atomic E-state index is 0.264. The van der Waals surface area contributed by atoms with Gasteiger partial charge in [0.2, 0.25) is 0 Å². The summed E-state index contributed by atoms with van der Waals surface area (Å²) in [5.41, 5.74) is 1.50. The summed E-state index contributed by atoms with van der Waals surface area (Å²) in [5.74, 6) is -0.728. The standard InChI is InChI=1S/C15H12INO3/c1-20-15(19)11-6-4-5-10(9-11)14(18)17-13-8-3-2-7-12(13)16/h2-9H,1H3,(H,17,18). The van der Waals surface area contributed by atoms with Gasteiger partial charge in [0.1, 0.15) is 0 Å². The highest BCUT2D eigenvalue weighted by Crippen LogP contribution is 2.18. The molecule has 0 aromatic heterocycles. The number of carbonyl (C=O) groups is 2. The Hall–Kier alpha value is -1.89. The molecule has 2 aromatic carbocycles. The number of hydrogen-bond donors (Lipinski definition) is 1. The summed E-state index contributed by atoms with van der Waals surface area (Å²) in [6, 6.07) is 13.9. The molecule has 0 atom stereocenters. The fourth-order valence-electron chi connectivity index (χ4n) is 1.66. The molecule has 0 unspecified atom stereocenters. The smallest absolute Gasteiger partial charge is 0.337 e. The third-order valence-electron chi connectivity index (χ3n) is 2.67. The second-order valence-corrected chi connectivity index (χ2v) is 5.17. The lowest BCUT2D eigenvalue weighted by atomic mass is 10.1. The summed E-state index contributed by atoms with van der Waals surface area (Å²) in [5, 5.41) is 2.81. The SMILES string of the molecule is COC(=O)c1cccc(C(=O)Nc2ccccc2I)c1. The Labute approximate surface area is 130 Å². The van der Waals surface area contributed by atoms with Gasteiger partial charge in [0, 0.05) is 9.13 Å². The van der Waals surface area contributed by atoms with E-state index in [2.05, 4.69) is 32.6 Å². The van der Waals surface area contributed by atoms with E-state index in [1.165, 1.54) is 13.2 Å². The van der Waals surface area contributed by atoms with Crippen LogP contribution in [0.3, 0.4) is 0 Å². The first-order chi connectivity index (χ1) is 9.61. The van der Waals surface area contributed by atoms with Crippen LogP contribution < -0.4 is 5.32 Å². The molecule has 5 heteroatoms. The molecule has 1 N–H and O–H groups in total. The van der Waals surface area contributed by atoms with Crippen molar-refractivity contribution in [3.05, 3.63) is 63.2 Å². The van der Waals surface area contributed by atoms with Gasteiger partial charge in [-0.25, -0.2) is 4.79 Å². The van der Waals surface area contributed by atoms with Crippen LogP contribution in [0.4, 0.5) is 5.69 Å². The molecule has 2 aromatic rings. The van der Waals surface area contributed by atoms with E-state index in [1.54, 1.807) is 18.2 Å². The molecule has 0 saturated heterocycles. The molecule has 20 heavy (non-hydrogen) atoms. The molecule has 4 nitrogen and oxygen atoms in total. The van der Waals surface area contributed by atoms with Gasteiger partial charge in [0.15, 0.2) is 0 Å². The average molecular weight is 381 g/mol. The summed E-state index contributed by atoms with van der Waals surface area (Å²) in [6.07, 6.45) is 0. The molecular formula is C15H12INO3.